The number of fused-ring (bicyclic) bond motifs is 1. The molecule has 2 heterocycles. The highest BCUT2D eigenvalue weighted by Gasteiger charge is 2.22. The van der Waals surface area contributed by atoms with E-state index < -0.39 is 5.97 Å². The van der Waals surface area contributed by atoms with Crippen molar-refractivity contribution in [1.82, 2.24) is 9.97 Å². The van der Waals surface area contributed by atoms with E-state index in [9.17, 15) is 4.79 Å². The number of carbonyl (C=O) groups is 1. The maximum Gasteiger partial charge on any atom is 0.360 e. The highest BCUT2D eigenvalue weighted by atomic mass is 35.5. The Bertz CT molecular complexity index is 1020. The number of halogens is 1. The van der Waals surface area contributed by atoms with Gasteiger partial charge >= 0.3 is 5.97 Å². The van der Waals surface area contributed by atoms with E-state index in [2.05, 4.69) is 15.3 Å². The van der Waals surface area contributed by atoms with Crippen LogP contribution in [0.25, 0.3) is 11.0 Å². The van der Waals surface area contributed by atoms with Crippen LogP contribution < -0.4 is 5.32 Å². The predicted molar refractivity (Wildman–Crippen MR) is 108 cm³/mol. The van der Waals surface area contributed by atoms with Crippen molar-refractivity contribution in [3.05, 3.63) is 58.7 Å². The second kappa shape index (κ2) is 8.12. The van der Waals surface area contributed by atoms with Gasteiger partial charge in [0.2, 0.25) is 0 Å². The molecule has 0 unspecified atom stereocenters. The molecule has 0 aliphatic carbocycles. The van der Waals surface area contributed by atoms with E-state index in [1.807, 2.05) is 43.3 Å². The third kappa shape index (κ3) is 4.08. The van der Waals surface area contributed by atoms with Crippen LogP contribution in [0, 0.1) is 6.92 Å². The van der Waals surface area contributed by atoms with Gasteiger partial charge in [0.25, 0.3) is 0 Å². The number of carbonyl (C=O) groups excluding carboxylic acids is 1. The number of benzene rings is 2. The second-order valence-corrected chi connectivity index (χ2v) is 7.14. The average molecular weight is 398 g/mol. The van der Waals surface area contributed by atoms with Gasteiger partial charge < -0.3 is 14.8 Å². The normalized spacial score (nSPS) is 16.3. The van der Waals surface area contributed by atoms with Gasteiger partial charge in [0, 0.05) is 17.3 Å². The van der Waals surface area contributed by atoms with Crippen LogP contribution in [-0.4, -0.2) is 35.3 Å². The number of hydrogen-bond acceptors (Lipinski definition) is 6. The van der Waals surface area contributed by atoms with Gasteiger partial charge in [0.1, 0.15) is 6.61 Å². The lowest BCUT2D eigenvalue weighted by atomic mass is 10.2. The van der Waals surface area contributed by atoms with Gasteiger partial charge in [0.05, 0.1) is 17.1 Å². The van der Waals surface area contributed by atoms with Gasteiger partial charge in [-0.15, -0.1) is 0 Å². The maximum atomic E-state index is 12.7. The molecular weight excluding hydrogens is 378 g/mol. The number of nitrogens with zero attached hydrogens (tertiary/aromatic N) is 2. The van der Waals surface area contributed by atoms with E-state index >= 15 is 0 Å². The number of aromatic nitrogens is 2. The SMILES string of the molecule is Cc1ccc(Nc2nc3ccccc3nc2C(=O)OC[C@H]2CCCO2)cc1Cl. The third-order valence-electron chi connectivity index (χ3n) is 4.62. The first-order valence-electron chi connectivity index (χ1n) is 9.19. The van der Waals surface area contributed by atoms with Crippen molar-refractivity contribution in [2.75, 3.05) is 18.5 Å². The van der Waals surface area contributed by atoms with Crippen molar-refractivity contribution < 1.29 is 14.3 Å². The molecule has 0 bridgehead atoms. The summed E-state index contributed by atoms with van der Waals surface area (Å²) in [6.45, 7) is 2.85. The molecule has 1 atom stereocenters. The Morgan fingerprint density at radius 1 is 1.25 bits per heavy atom. The molecule has 4 rings (SSSR count). The zero-order valence-electron chi connectivity index (χ0n) is 15.4. The van der Waals surface area contributed by atoms with Gasteiger partial charge in [-0.3, -0.25) is 0 Å². The van der Waals surface area contributed by atoms with E-state index in [1.54, 1.807) is 6.07 Å². The van der Waals surface area contributed by atoms with Crippen LogP contribution in [0.2, 0.25) is 5.02 Å². The molecule has 1 aromatic heterocycles. The first kappa shape index (κ1) is 18.7. The summed E-state index contributed by atoms with van der Waals surface area (Å²) in [6.07, 6.45) is 1.83. The van der Waals surface area contributed by atoms with Crippen molar-refractivity contribution in [3.63, 3.8) is 0 Å². The Labute approximate surface area is 167 Å². The molecule has 1 aliphatic rings. The van der Waals surface area contributed by atoms with Crippen molar-refractivity contribution in [3.8, 4) is 0 Å². The van der Waals surface area contributed by atoms with Gasteiger partial charge in [-0.05, 0) is 49.6 Å². The van der Waals surface area contributed by atoms with Crippen molar-refractivity contribution >= 4 is 40.1 Å². The molecule has 1 saturated heterocycles. The fourth-order valence-corrected chi connectivity index (χ4v) is 3.23. The number of rotatable bonds is 5. The molecule has 6 nitrogen and oxygen atoms in total. The molecule has 3 aromatic rings. The number of aryl methyl sites for hydroxylation is 1. The summed E-state index contributed by atoms with van der Waals surface area (Å²) in [5.74, 6) is -0.203. The van der Waals surface area contributed by atoms with Crippen LogP contribution >= 0.6 is 11.6 Å². The maximum absolute atomic E-state index is 12.7. The summed E-state index contributed by atoms with van der Waals surface area (Å²) in [4.78, 5) is 21.8. The lowest BCUT2D eigenvalue weighted by molar-refractivity contribution is 0.0157. The number of hydrogen-bond donors (Lipinski definition) is 1. The number of ether oxygens (including phenoxy) is 2. The number of anilines is 2. The lowest BCUT2D eigenvalue weighted by Gasteiger charge is -2.14. The lowest BCUT2D eigenvalue weighted by Crippen LogP contribution is -2.19. The topological polar surface area (TPSA) is 73.3 Å². The van der Waals surface area contributed by atoms with Gasteiger partial charge in [-0.1, -0.05) is 29.8 Å². The molecule has 0 radical (unpaired) electrons. The molecule has 1 aliphatic heterocycles. The molecule has 144 valence electrons. The Hall–Kier alpha value is -2.70. The Kier molecular flexibility index (Phi) is 5.41. The fraction of sp³-hybridized carbons (Fsp3) is 0.286. The van der Waals surface area contributed by atoms with Crippen LogP contribution in [0.5, 0.6) is 0 Å². The summed E-state index contributed by atoms with van der Waals surface area (Å²) >= 11 is 6.22. The highest BCUT2D eigenvalue weighted by Crippen LogP contribution is 2.25. The first-order valence-corrected chi connectivity index (χ1v) is 9.56. The summed E-state index contributed by atoms with van der Waals surface area (Å²) < 4.78 is 11.0. The molecule has 0 amide bonds. The van der Waals surface area contributed by atoms with E-state index in [4.69, 9.17) is 21.1 Å². The number of esters is 1. The largest absolute Gasteiger partial charge is 0.458 e. The molecule has 1 fully saturated rings. The van der Waals surface area contributed by atoms with Crippen molar-refractivity contribution in [2.24, 2.45) is 0 Å². The monoisotopic (exact) mass is 397 g/mol. The van der Waals surface area contributed by atoms with E-state index in [0.717, 1.165) is 18.4 Å². The molecular formula is C21H20ClN3O3. The summed E-state index contributed by atoms with van der Waals surface area (Å²) in [6, 6.07) is 12.9. The van der Waals surface area contributed by atoms with Crippen molar-refractivity contribution in [1.29, 1.82) is 0 Å². The molecule has 1 N–H and O–H groups in total. The smallest absolute Gasteiger partial charge is 0.360 e. The molecule has 2 aromatic carbocycles. The highest BCUT2D eigenvalue weighted by molar-refractivity contribution is 6.31. The van der Waals surface area contributed by atoms with Crippen LogP contribution in [0.15, 0.2) is 42.5 Å². The quantitative estimate of drug-likeness (QED) is 0.630. The number of para-hydroxylation sites is 2. The molecule has 0 spiro atoms. The minimum atomic E-state index is -0.533. The van der Waals surface area contributed by atoms with Crippen LogP contribution in [0.1, 0.15) is 28.9 Å². The van der Waals surface area contributed by atoms with E-state index in [-0.39, 0.29) is 18.4 Å². The average Bonchev–Trinajstić information content (AvgIpc) is 3.22. The van der Waals surface area contributed by atoms with E-state index in [1.165, 1.54) is 0 Å². The standard InChI is InChI=1S/C21H20ClN3O3/c1-13-8-9-14(11-16(13)22)23-20-19(21(26)28-12-15-5-4-10-27-15)24-17-6-2-3-7-18(17)25-20/h2-3,6-9,11,15H,4-5,10,12H2,1H3,(H,23,25)/t15-/m1/s1. The minimum Gasteiger partial charge on any atom is -0.458 e. The van der Waals surface area contributed by atoms with E-state index in [0.29, 0.717) is 34.2 Å². The van der Waals surface area contributed by atoms with Crippen molar-refractivity contribution in [2.45, 2.75) is 25.9 Å². The van der Waals surface area contributed by atoms with Gasteiger partial charge in [-0.2, -0.15) is 0 Å². The summed E-state index contributed by atoms with van der Waals surface area (Å²) in [7, 11) is 0. The Morgan fingerprint density at radius 2 is 2.04 bits per heavy atom. The molecule has 0 saturated carbocycles. The van der Waals surface area contributed by atoms with Crippen LogP contribution in [-0.2, 0) is 9.47 Å². The van der Waals surface area contributed by atoms with Crippen LogP contribution in [0.4, 0.5) is 11.5 Å². The second-order valence-electron chi connectivity index (χ2n) is 6.73. The summed E-state index contributed by atoms with van der Waals surface area (Å²) in [5, 5.41) is 3.78. The van der Waals surface area contributed by atoms with Gasteiger partial charge in [-0.25, -0.2) is 14.8 Å². The summed E-state index contributed by atoms with van der Waals surface area (Å²) in [5.41, 5.74) is 3.12. The molecule has 7 heteroatoms. The fourth-order valence-electron chi connectivity index (χ4n) is 3.05. The predicted octanol–water partition coefficient (Wildman–Crippen LogP) is 4.67. The third-order valence-corrected chi connectivity index (χ3v) is 5.03. The zero-order valence-corrected chi connectivity index (χ0v) is 16.2. The minimum absolute atomic E-state index is 0.0512. The Balaban J connectivity index is 1.65. The first-order chi connectivity index (χ1) is 13.6. The Morgan fingerprint density at radius 3 is 2.75 bits per heavy atom. The van der Waals surface area contributed by atoms with Crippen LogP contribution in [0.3, 0.4) is 0 Å². The molecule has 28 heavy (non-hydrogen) atoms. The van der Waals surface area contributed by atoms with Gasteiger partial charge in [0.15, 0.2) is 11.5 Å². The number of nitrogens with one attached hydrogen (secondary N) is 1. The zero-order chi connectivity index (χ0) is 19.5.